The number of amides is 2. The van der Waals surface area contributed by atoms with Crippen LogP contribution in [0.25, 0.3) is 0 Å². The highest BCUT2D eigenvalue weighted by Crippen LogP contribution is 2.22. The van der Waals surface area contributed by atoms with Crippen LogP contribution in [0.4, 0.5) is 5.69 Å². The molecule has 5 heteroatoms. The zero-order chi connectivity index (χ0) is 19.2. The molecule has 1 saturated heterocycles. The summed E-state index contributed by atoms with van der Waals surface area (Å²) in [7, 11) is 0. The zero-order valence-electron chi connectivity index (χ0n) is 15.9. The predicted octanol–water partition coefficient (Wildman–Crippen LogP) is 3.96. The number of ether oxygens (including phenoxy) is 1. The summed E-state index contributed by atoms with van der Waals surface area (Å²) in [5.74, 6) is 0.765. The van der Waals surface area contributed by atoms with Crippen LogP contribution in [0.3, 0.4) is 0 Å². The van der Waals surface area contributed by atoms with Crippen molar-refractivity contribution < 1.29 is 14.3 Å². The second-order valence-corrected chi connectivity index (χ2v) is 7.11. The molecule has 0 unspecified atom stereocenters. The van der Waals surface area contributed by atoms with Gasteiger partial charge in [-0.3, -0.25) is 9.59 Å². The van der Waals surface area contributed by atoms with Crippen LogP contribution in [0.1, 0.15) is 37.0 Å². The largest absolute Gasteiger partial charge is 0.491 e. The molecule has 0 radical (unpaired) electrons. The van der Waals surface area contributed by atoms with Crippen molar-refractivity contribution in [3.05, 3.63) is 60.2 Å². The highest BCUT2D eigenvalue weighted by atomic mass is 16.5. The van der Waals surface area contributed by atoms with Crippen LogP contribution in [0.15, 0.2) is 54.6 Å². The molecule has 0 saturated carbocycles. The van der Waals surface area contributed by atoms with E-state index in [-0.39, 0.29) is 23.8 Å². The Morgan fingerprint density at radius 1 is 1.00 bits per heavy atom. The van der Waals surface area contributed by atoms with Crippen molar-refractivity contribution in [1.82, 2.24) is 4.90 Å². The molecule has 0 aliphatic carbocycles. The fourth-order valence-corrected chi connectivity index (χ4v) is 3.24. The van der Waals surface area contributed by atoms with Crippen molar-refractivity contribution in [1.29, 1.82) is 0 Å². The number of benzene rings is 2. The summed E-state index contributed by atoms with van der Waals surface area (Å²) < 4.78 is 5.61. The third-order valence-corrected chi connectivity index (χ3v) is 4.67. The average Bonchev–Trinajstić information content (AvgIpc) is 2.69. The minimum absolute atomic E-state index is 0.0133. The van der Waals surface area contributed by atoms with Crippen LogP contribution in [0, 0.1) is 5.92 Å². The number of likely N-dealkylation sites (tertiary alicyclic amines) is 1. The summed E-state index contributed by atoms with van der Waals surface area (Å²) in [4.78, 5) is 26.9. The summed E-state index contributed by atoms with van der Waals surface area (Å²) in [6, 6.07) is 16.7. The third-order valence-electron chi connectivity index (χ3n) is 4.67. The number of nitrogens with one attached hydrogen (secondary N) is 1. The third kappa shape index (κ3) is 5.09. The molecule has 27 heavy (non-hydrogen) atoms. The highest BCUT2D eigenvalue weighted by molar-refractivity contribution is 5.95. The van der Waals surface area contributed by atoms with Gasteiger partial charge in [-0.2, -0.15) is 0 Å². The van der Waals surface area contributed by atoms with E-state index in [2.05, 4.69) is 5.32 Å². The number of hydrogen-bond donors (Lipinski definition) is 1. The minimum atomic E-state index is -0.0728. The molecule has 0 aromatic heterocycles. The van der Waals surface area contributed by atoms with Crippen molar-refractivity contribution in [3.8, 4) is 5.75 Å². The lowest BCUT2D eigenvalue weighted by atomic mass is 9.95. The summed E-state index contributed by atoms with van der Waals surface area (Å²) in [5.41, 5.74) is 1.46. The fourth-order valence-electron chi connectivity index (χ4n) is 3.24. The molecule has 2 amide bonds. The maximum absolute atomic E-state index is 12.5. The molecule has 3 rings (SSSR count). The smallest absolute Gasteiger partial charge is 0.253 e. The number of carbonyl (C=O) groups excluding carboxylic acids is 2. The van der Waals surface area contributed by atoms with E-state index in [4.69, 9.17) is 4.74 Å². The normalized spacial score (nSPS) is 14.9. The number of rotatable bonds is 5. The quantitative estimate of drug-likeness (QED) is 0.871. The maximum atomic E-state index is 12.5. The molecule has 1 N–H and O–H groups in total. The molecular weight excluding hydrogens is 340 g/mol. The average molecular weight is 366 g/mol. The molecule has 1 aliphatic rings. The van der Waals surface area contributed by atoms with Gasteiger partial charge in [0.05, 0.1) is 6.10 Å². The summed E-state index contributed by atoms with van der Waals surface area (Å²) in [6.07, 6.45) is 1.48. The highest BCUT2D eigenvalue weighted by Gasteiger charge is 2.27. The first-order chi connectivity index (χ1) is 13.0. The predicted molar refractivity (Wildman–Crippen MR) is 106 cm³/mol. The van der Waals surface area contributed by atoms with E-state index in [0.717, 1.165) is 11.4 Å². The number of carbonyl (C=O) groups is 2. The van der Waals surface area contributed by atoms with E-state index in [1.807, 2.05) is 73.3 Å². The minimum Gasteiger partial charge on any atom is -0.491 e. The first-order valence-electron chi connectivity index (χ1n) is 9.45. The van der Waals surface area contributed by atoms with E-state index >= 15 is 0 Å². The first-order valence-corrected chi connectivity index (χ1v) is 9.45. The van der Waals surface area contributed by atoms with Crippen molar-refractivity contribution in [2.24, 2.45) is 5.92 Å². The standard InChI is InChI=1S/C22H26N2O3/c1-16(2)27-20-10-8-19(9-11-20)23-21(25)17-12-14-24(15-13-17)22(26)18-6-4-3-5-7-18/h3-11,16-17H,12-15H2,1-2H3,(H,23,25). The van der Waals surface area contributed by atoms with Crippen LogP contribution in [0.2, 0.25) is 0 Å². The molecular formula is C22H26N2O3. The summed E-state index contributed by atoms with van der Waals surface area (Å²) in [5, 5.41) is 2.97. The van der Waals surface area contributed by atoms with Gasteiger partial charge in [-0.05, 0) is 63.1 Å². The van der Waals surface area contributed by atoms with Crippen LogP contribution in [-0.2, 0) is 4.79 Å². The molecule has 1 aliphatic heterocycles. The van der Waals surface area contributed by atoms with Gasteiger partial charge in [0.2, 0.25) is 5.91 Å². The molecule has 2 aromatic rings. The number of anilines is 1. The van der Waals surface area contributed by atoms with E-state index in [1.54, 1.807) is 0 Å². The van der Waals surface area contributed by atoms with E-state index in [0.29, 0.717) is 31.5 Å². The molecule has 0 spiro atoms. The SMILES string of the molecule is CC(C)Oc1ccc(NC(=O)C2CCN(C(=O)c3ccccc3)CC2)cc1. The first kappa shape index (κ1) is 19.0. The van der Waals surface area contributed by atoms with Crippen molar-refractivity contribution in [2.75, 3.05) is 18.4 Å². The van der Waals surface area contributed by atoms with Crippen LogP contribution in [0.5, 0.6) is 5.75 Å². The number of nitrogens with zero attached hydrogens (tertiary/aromatic N) is 1. The van der Waals surface area contributed by atoms with Crippen molar-refractivity contribution in [3.63, 3.8) is 0 Å². The molecule has 5 nitrogen and oxygen atoms in total. The van der Waals surface area contributed by atoms with Crippen LogP contribution in [-0.4, -0.2) is 35.9 Å². The molecule has 0 bridgehead atoms. The van der Waals surface area contributed by atoms with Gasteiger partial charge in [-0.25, -0.2) is 0 Å². The molecule has 1 fully saturated rings. The van der Waals surface area contributed by atoms with Gasteiger partial charge in [0.25, 0.3) is 5.91 Å². The van der Waals surface area contributed by atoms with Crippen LogP contribution < -0.4 is 10.1 Å². The molecule has 1 heterocycles. The van der Waals surface area contributed by atoms with Crippen molar-refractivity contribution in [2.45, 2.75) is 32.8 Å². The Morgan fingerprint density at radius 2 is 1.63 bits per heavy atom. The summed E-state index contributed by atoms with van der Waals surface area (Å²) in [6.45, 7) is 5.16. The van der Waals surface area contributed by atoms with Crippen molar-refractivity contribution >= 4 is 17.5 Å². The van der Waals surface area contributed by atoms with Gasteiger partial charge < -0.3 is 15.0 Å². The Bertz CT molecular complexity index is 764. The second kappa shape index (κ2) is 8.71. The lowest BCUT2D eigenvalue weighted by Gasteiger charge is -2.31. The lowest BCUT2D eigenvalue weighted by molar-refractivity contribution is -0.121. The van der Waals surface area contributed by atoms with E-state index in [1.165, 1.54) is 0 Å². The van der Waals surface area contributed by atoms with Gasteiger partial charge in [0, 0.05) is 30.3 Å². The number of hydrogen-bond acceptors (Lipinski definition) is 3. The summed E-state index contributed by atoms with van der Waals surface area (Å²) >= 11 is 0. The fraction of sp³-hybridized carbons (Fsp3) is 0.364. The van der Waals surface area contributed by atoms with Crippen LogP contribution >= 0.6 is 0 Å². The monoisotopic (exact) mass is 366 g/mol. The lowest BCUT2D eigenvalue weighted by Crippen LogP contribution is -2.41. The molecule has 2 aromatic carbocycles. The van der Waals surface area contributed by atoms with Gasteiger partial charge in [0.15, 0.2) is 0 Å². The van der Waals surface area contributed by atoms with Gasteiger partial charge in [0.1, 0.15) is 5.75 Å². The zero-order valence-corrected chi connectivity index (χ0v) is 15.9. The van der Waals surface area contributed by atoms with Gasteiger partial charge in [-0.15, -0.1) is 0 Å². The molecule has 0 atom stereocenters. The molecule has 142 valence electrons. The van der Waals surface area contributed by atoms with Gasteiger partial charge >= 0.3 is 0 Å². The topological polar surface area (TPSA) is 58.6 Å². The Balaban J connectivity index is 1.50. The van der Waals surface area contributed by atoms with E-state index in [9.17, 15) is 9.59 Å². The second-order valence-electron chi connectivity index (χ2n) is 7.11. The Kier molecular flexibility index (Phi) is 6.12. The van der Waals surface area contributed by atoms with E-state index < -0.39 is 0 Å². The Hall–Kier alpha value is -2.82. The maximum Gasteiger partial charge on any atom is 0.253 e. The Labute approximate surface area is 160 Å². The number of piperidine rings is 1. The Morgan fingerprint density at radius 3 is 2.22 bits per heavy atom. The van der Waals surface area contributed by atoms with Gasteiger partial charge in [-0.1, -0.05) is 18.2 Å².